The van der Waals surface area contributed by atoms with Gasteiger partial charge in [0.2, 0.25) is 15.9 Å². The fourth-order valence-corrected chi connectivity index (χ4v) is 2.23. The zero-order chi connectivity index (χ0) is 14.6. The molecule has 0 aliphatic rings. The minimum Gasteiger partial charge on any atom is -0.369 e. The Morgan fingerprint density at radius 3 is 2.53 bits per heavy atom. The van der Waals surface area contributed by atoms with Gasteiger partial charge in [0.05, 0.1) is 16.4 Å². The molecule has 0 radical (unpaired) electrons. The number of hydrogen-bond acceptors (Lipinski definition) is 7. The predicted octanol–water partition coefficient (Wildman–Crippen LogP) is -1.36. The van der Waals surface area contributed by atoms with Crippen LogP contribution in [-0.4, -0.2) is 25.8 Å². The summed E-state index contributed by atoms with van der Waals surface area (Å²) < 4.78 is 25.4. The van der Waals surface area contributed by atoms with Gasteiger partial charge in [-0.1, -0.05) is 0 Å². The third kappa shape index (κ3) is 3.61. The molecule has 11 heteroatoms. The molecule has 10 nitrogen and oxygen atoms in total. The maximum atomic E-state index is 11.7. The summed E-state index contributed by atoms with van der Waals surface area (Å²) in [6.45, 7) is -0.579. The van der Waals surface area contributed by atoms with Crippen molar-refractivity contribution >= 4 is 27.3 Å². The summed E-state index contributed by atoms with van der Waals surface area (Å²) in [6.07, 6.45) is 0. The molecule has 0 bridgehead atoms. The molecular weight excluding hydrogens is 278 g/mol. The molecule has 19 heavy (non-hydrogen) atoms. The van der Waals surface area contributed by atoms with Crippen LogP contribution in [0.25, 0.3) is 0 Å². The molecule has 0 saturated heterocycles. The molecule has 6 N–H and O–H groups in total. The number of nitrogens with two attached hydrogens (primary N) is 2. The molecule has 0 heterocycles. The maximum absolute atomic E-state index is 11.7. The van der Waals surface area contributed by atoms with Crippen LogP contribution in [0.2, 0.25) is 0 Å². The lowest BCUT2D eigenvalue weighted by atomic mass is 10.3. The van der Waals surface area contributed by atoms with E-state index >= 15 is 0 Å². The quantitative estimate of drug-likeness (QED) is 0.284. The number of benzene rings is 1. The largest absolute Gasteiger partial charge is 0.369 e. The normalized spacial score (nSPS) is 11.0. The number of nitrogens with one attached hydrogen (secondary N) is 2. The van der Waals surface area contributed by atoms with Crippen molar-refractivity contribution < 1.29 is 18.1 Å². The minimum absolute atomic E-state index is 0.174. The van der Waals surface area contributed by atoms with E-state index in [1.54, 1.807) is 0 Å². The molecule has 0 fully saturated rings. The Kier molecular flexibility index (Phi) is 4.37. The maximum Gasteiger partial charge on any atom is 0.293 e. The summed E-state index contributed by atoms with van der Waals surface area (Å²) in [6, 6.07) is 2.97. The molecule has 0 saturated carbocycles. The minimum atomic E-state index is -4.00. The van der Waals surface area contributed by atoms with Gasteiger partial charge in [-0.25, -0.2) is 13.1 Å². The van der Waals surface area contributed by atoms with Crippen LogP contribution in [0.1, 0.15) is 0 Å². The van der Waals surface area contributed by atoms with Gasteiger partial charge in [-0.05, 0) is 12.1 Å². The van der Waals surface area contributed by atoms with Crippen LogP contribution in [0, 0.1) is 10.1 Å². The third-order valence-electron chi connectivity index (χ3n) is 2.07. The van der Waals surface area contributed by atoms with Crippen LogP contribution >= 0.6 is 0 Å². The standard InChI is InChI=1S/C8H11N5O5S/c9-8(14)4-11-19(17,18)5-1-2-7(13(15)16)6(3-5)12-10/h1-3,11-12H,4,10H2,(H2,9,14). The van der Waals surface area contributed by atoms with Crippen LogP contribution in [0.15, 0.2) is 23.1 Å². The molecular formula is C8H11N5O5S. The highest BCUT2D eigenvalue weighted by Gasteiger charge is 2.20. The number of sulfonamides is 1. The molecule has 1 rings (SSSR count). The fraction of sp³-hybridized carbons (Fsp3) is 0.125. The molecule has 1 amide bonds. The number of hydrazine groups is 1. The topological polar surface area (TPSA) is 170 Å². The van der Waals surface area contributed by atoms with Crippen molar-refractivity contribution in [3.05, 3.63) is 28.3 Å². The highest BCUT2D eigenvalue weighted by Crippen LogP contribution is 2.26. The van der Waals surface area contributed by atoms with Crippen LogP contribution < -0.4 is 21.7 Å². The first-order valence-electron chi connectivity index (χ1n) is 4.81. The highest BCUT2D eigenvalue weighted by molar-refractivity contribution is 7.89. The average molecular weight is 289 g/mol. The van der Waals surface area contributed by atoms with Crippen molar-refractivity contribution in [2.75, 3.05) is 12.0 Å². The van der Waals surface area contributed by atoms with Crippen molar-refractivity contribution in [3.63, 3.8) is 0 Å². The molecule has 0 atom stereocenters. The number of rotatable bonds is 6. The Hall–Kier alpha value is -2.24. The lowest BCUT2D eigenvalue weighted by molar-refractivity contribution is -0.384. The smallest absolute Gasteiger partial charge is 0.293 e. The molecule has 0 spiro atoms. The van der Waals surface area contributed by atoms with Gasteiger partial charge in [-0.15, -0.1) is 0 Å². The Morgan fingerprint density at radius 1 is 1.42 bits per heavy atom. The monoisotopic (exact) mass is 289 g/mol. The summed E-state index contributed by atoms with van der Waals surface area (Å²) >= 11 is 0. The number of hydrogen-bond donors (Lipinski definition) is 4. The predicted molar refractivity (Wildman–Crippen MR) is 65.3 cm³/mol. The summed E-state index contributed by atoms with van der Waals surface area (Å²) in [5.74, 6) is 4.22. The van der Waals surface area contributed by atoms with Crippen molar-refractivity contribution in [1.29, 1.82) is 0 Å². The molecule has 1 aromatic rings. The SMILES string of the molecule is NNc1cc(S(=O)(=O)NCC(N)=O)ccc1[N+](=O)[O-]. The fourth-order valence-electron chi connectivity index (χ4n) is 1.21. The number of carbonyl (C=O) groups is 1. The summed E-state index contributed by atoms with van der Waals surface area (Å²) in [5, 5.41) is 10.6. The van der Waals surface area contributed by atoms with E-state index in [-0.39, 0.29) is 16.3 Å². The molecule has 0 unspecified atom stereocenters. The number of primary amides is 1. The van der Waals surface area contributed by atoms with Crippen LogP contribution in [-0.2, 0) is 14.8 Å². The van der Waals surface area contributed by atoms with Crippen molar-refractivity contribution in [2.45, 2.75) is 4.90 Å². The van der Waals surface area contributed by atoms with E-state index in [0.717, 1.165) is 18.2 Å². The lowest BCUT2D eigenvalue weighted by Crippen LogP contribution is -2.33. The number of nitrogens with zero attached hydrogens (tertiary/aromatic N) is 1. The van der Waals surface area contributed by atoms with E-state index in [1.165, 1.54) is 0 Å². The summed E-state index contributed by atoms with van der Waals surface area (Å²) in [5.41, 5.74) is 6.29. The van der Waals surface area contributed by atoms with Gasteiger partial charge in [-0.3, -0.25) is 20.8 Å². The van der Waals surface area contributed by atoms with E-state index in [1.807, 2.05) is 10.1 Å². The van der Waals surface area contributed by atoms with E-state index in [9.17, 15) is 23.3 Å². The first-order chi connectivity index (χ1) is 8.77. The van der Waals surface area contributed by atoms with E-state index in [2.05, 4.69) is 0 Å². The highest BCUT2D eigenvalue weighted by atomic mass is 32.2. The first kappa shape index (κ1) is 14.8. The van der Waals surface area contributed by atoms with Gasteiger partial charge in [0.15, 0.2) is 0 Å². The molecule has 1 aromatic carbocycles. The first-order valence-corrected chi connectivity index (χ1v) is 6.29. The molecule has 0 aliphatic carbocycles. The zero-order valence-corrected chi connectivity index (χ0v) is 10.3. The van der Waals surface area contributed by atoms with Gasteiger partial charge in [-0.2, -0.15) is 0 Å². The molecule has 0 aliphatic heterocycles. The van der Waals surface area contributed by atoms with Crippen LogP contribution in [0.4, 0.5) is 11.4 Å². The van der Waals surface area contributed by atoms with E-state index in [0.29, 0.717) is 0 Å². The Bertz CT molecular complexity index is 614. The average Bonchev–Trinajstić information content (AvgIpc) is 2.35. The van der Waals surface area contributed by atoms with Crippen molar-refractivity contribution in [2.24, 2.45) is 11.6 Å². The third-order valence-corrected chi connectivity index (χ3v) is 3.47. The van der Waals surface area contributed by atoms with Gasteiger partial charge in [0.25, 0.3) is 5.69 Å². The van der Waals surface area contributed by atoms with Crippen molar-refractivity contribution in [3.8, 4) is 0 Å². The Morgan fingerprint density at radius 2 is 2.05 bits per heavy atom. The second-order valence-electron chi connectivity index (χ2n) is 3.37. The molecule has 104 valence electrons. The van der Waals surface area contributed by atoms with E-state index < -0.39 is 27.4 Å². The lowest BCUT2D eigenvalue weighted by Gasteiger charge is -2.07. The Balaban J connectivity index is 3.15. The Labute approximate surface area is 107 Å². The second-order valence-corrected chi connectivity index (χ2v) is 5.14. The number of nitro benzene ring substituents is 1. The zero-order valence-electron chi connectivity index (χ0n) is 9.49. The van der Waals surface area contributed by atoms with E-state index in [4.69, 9.17) is 11.6 Å². The number of carbonyl (C=O) groups excluding carboxylic acids is 1. The number of nitro groups is 1. The summed E-state index contributed by atoms with van der Waals surface area (Å²) in [4.78, 5) is 20.2. The molecule has 0 aromatic heterocycles. The number of nitrogen functional groups attached to an aromatic ring is 1. The van der Waals surface area contributed by atoms with Crippen molar-refractivity contribution in [1.82, 2.24) is 4.72 Å². The van der Waals surface area contributed by atoms with Gasteiger partial charge in [0, 0.05) is 6.07 Å². The summed E-state index contributed by atoms with van der Waals surface area (Å²) in [7, 11) is -4.00. The van der Waals surface area contributed by atoms with Gasteiger partial charge < -0.3 is 11.2 Å². The number of anilines is 1. The van der Waals surface area contributed by atoms with Crippen LogP contribution in [0.5, 0.6) is 0 Å². The van der Waals surface area contributed by atoms with Gasteiger partial charge in [0.1, 0.15) is 5.69 Å². The van der Waals surface area contributed by atoms with Crippen LogP contribution in [0.3, 0.4) is 0 Å². The number of amides is 1. The second kappa shape index (κ2) is 5.60. The van der Waals surface area contributed by atoms with Gasteiger partial charge >= 0.3 is 0 Å².